The third-order valence-corrected chi connectivity index (χ3v) is 12.1. The highest BCUT2D eigenvalue weighted by Gasteiger charge is 2.21. The SMILES string of the molecule is Cc1cc(N(c2ccc(-c3ccccc3)cc2)c2ccc(-c3cc(-c4ccccc4)c4c(c3)c3ccccc3n4-c3ccccc3)cc2)ccc1C1=CCCC=C1C(C)C. The molecule has 0 saturated heterocycles. The maximum atomic E-state index is 2.44. The molecule has 9 aromatic rings. The normalized spacial score (nSPS) is 12.8. The monoisotopic (exact) mass is 772 g/mol. The Balaban J connectivity index is 1.10. The van der Waals surface area contributed by atoms with Crippen molar-refractivity contribution in [3.05, 3.63) is 223 Å². The predicted octanol–water partition coefficient (Wildman–Crippen LogP) is 16.3. The number of allylic oxidation sites excluding steroid dienone is 4. The van der Waals surface area contributed by atoms with Crippen LogP contribution in [-0.4, -0.2) is 4.57 Å². The molecule has 0 spiro atoms. The molecule has 1 aliphatic carbocycles. The molecule has 0 unspecified atom stereocenters. The van der Waals surface area contributed by atoms with Gasteiger partial charge in [-0.2, -0.15) is 0 Å². The van der Waals surface area contributed by atoms with Gasteiger partial charge in [0, 0.05) is 39.1 Å². The Kier molecular flexibility index (Phi) is 9.83. The van der Waals surface area contributed by atoms with Gasteiger partial charge in [-0.05, 0) is 143 Å². The van der Waals surface area contributed by atoms with E-state index in [9.17, 15) is 0 Å². The lowest BCUT2D eigenvalue weighted by Crippen LogP contribution is -2.11. The fourth-order valence-corrected chi connectivity index (χ4v) is 9.23. The molecule has 0 N–H and O–H groups in total. The third kappa shape index (κ3) is 6.84. The van der Waals surface area contributed by atoms with Crippen molar-refractivity contribution in [2.75, 3.05) is 4.90 Å². The van der Waals surface area contributed by atoms with E-state index in [4.69, 9.17) is 0 Å². The molecule has 1 aromatic heterocycles. The lowest BCUT2D eigenvalue weighted by molar-refractivity contribution is 0.780. The highest BCUT2D eigenvalue weighted by Crippen LogP contribution is 2.43. The van der Waals surface area contributed by atoms with E-state index in [1.165, 1.54) is 77.5 Å². The zero-order chi connectivity index (χ0) is 40.6. The Bertz CT molecular complexity index is 3020. The van der Waals surface area contributed by atoms with E-state index >= 15 is 0 Å². The van der Waals surface area contributed by atoms with Crippen LogP contribution in [0, 0.1) is 12.8 Å². The maximum absolute atomic E-state index is 2.44. The molecular weight excluding hydrogens is 725 g/mol. The number of anilines is 3. The van der Waals surface area contributed by atoms with E-state index < -0.39 is 0 Å². The van der Waals surface area contributed by atoms with E-state index in [0.717, 1.165) is 35.6 Å². The van der Waals surface area contributed by atoms with E-state index in [1.807, 2.05) is 0 Å². The molecule has 1 heterocycles. The molecule has 290 valence electrons. The van der Waals surface area contributed by atoms with Crippen LogP contribution in [0.3, 0.4) is 0 Å². The first-order chi connectivity index (χ1) is 29.5. The van der Waals surface area contributed by atoms with Crippen LogP contribution in [0.1, 0.15) is 37.8 Å². The Labute approximate surface area is 354 Å². The van der Waals surface area contributed by atoms with Gasteiger partial charge in [0.25, 0.3) is 0 Å². The first kappa shape index (κ1) is 37.1. The van der Waals surface area contributed by atoms with Crippen molar-refractivity contribution in [3.63, 3.8) is 0 Å². The summed E-state index contributed by atoms with van der Waals surface area (Å²) in [5.74, 6) is 0.487. The summed E-state index contributed by atoms with van der Waals surface area (Å²) < 4.78 is 2.43. The molecule has 60 heavy (non-hydrogen) atoms. The standard InChI is InChI=1S/C58H48N2/c1-40(2)51-23-13-14-24-53(51)52-36-35-50(37-41(52)3)59(48-31-27-43(28-32-48)42-17-7-4-8-18-42)49-33-29-44(30-34-49)46-38-55(45-19-9-5-10-20-45)58-56(39-46)54-25-15-16-26-57(54)60(58)47-21-11-6-12-22-47/h4-12,15-40H,13-14H2,1-3H3. The molecule has 0 atom stereocenters. The van der Waals surface area contributed by atoms with Gasteiger partial charge < -0.3 is 9.47 Å². The quantitative estimate of drug-likeness (QED) is 0.142. The minimum absolute atomic E-state index is 0.487. The smallest absolute Gasteiger partial charge is 0.0619 e. The molecule has 0 bridgehead atoms. The Morgan fingerprint density at radius 2 is 1.00 bits per heavy atom. The van der Waals surface area contributed by atoms with E-state index in [2.05, 4.69) is 237 Å². The van der Waals surface area contributed by atoms with Crippen LogP contribution < -0.4 is 4.90 Å². The van der Waals surface area contributed by atoms with Gasteiger partial charge in [-0.15, -0.1) is 0 Å². The van der Waals surface area contributed by atoms with Gasteiger partial charge in [0.15, 0.2) is 0 Å². The Morgan fingerprint density at radius 1 is 0.450 bits per heavy atom. The highest BCUT2D eigenvalue weighted by molar-refractivity contribution is 6.15. The van der Waals surface area contributed by atoms with Crippen molar-refractivity contribution in [1.82, 2.24) is 4.57 Å². The molecule has 10 rings (SSSR count). The van der Waals surface area contributed by atoms with Gasteiger partial charge in [-0.1, -0.05) is 153 Å². The molecule has 0 saturated carbocycles. The molecule has 0 fully saturated rings. The van der Waals surface area contributed by atoms with Crippen LogP contribution >= 0.6 is 0 Å². The van der Waals surface area contributed by atoms with Crippen LogP contribution in [0.5, 0.6) is 0 Å². The van der Waals surface area contributed by atoms with Gasteiger partial charge >= 0.3 is 0 Å². The fraction of sp³-hybridized carbons (Fsp3) is 0.103. The zero-order valence-electron chi connectivity index (χ0n) is 34.5. The van der Waals surface area contributed by atoms with Crippen molar-refractivity contribution in [3.8, 4) is 39.1 Å². The summed E-state index contributed by atoms with van der Waals surface area (Å²) in [4.78, 5) is 2.40. The summed E-state index contributed by atoms with van der Waals surface area (Å²) in [7, 11) is 0. The molecule has 0 radical (unpaired) electrons. The molecule has 1 aliphatic rings. The van der Waals surface area contributed by atoms with Gasteiger partial charge in [0.2, 0.25) is 0 Å². The van der Waals surface area contributed by atoms with Crippen molar-refractivity contribution in [1.29, 1.82) is 0 Å². The number of nitrogens with zero attached hydrogens (tertiary/aromatic N) is 2. The van der Waals surface area contributed by atoms with Crippen molar-refractivity contribution >= 4 is 44.4 Å². The van der Waals surface area contributed by atoms with Crippen molar-refractivity contribution in [2.24, 2.45) is 5.92 Å². The molecule has 2 heteroatoms. The lowest BCUT2D eigenvalue weighted by Gasteiger charge is -2.28. The zero-order valence-corrected chi connectivity index (χ0v) is 34.5. The molecule has 2 nitrogen and oxygen atoms in total. The van der Waals surface area contributed by atoms with E-state index in [-0.39, 0.29) is 0 Å². The predicted molar refractivity (Wildman–Crippen MR) is 257 cm³/mol. The molecule has 0 aliphatic heterocycles. The largest absolute Gasteiger partial charge is 0.310 e. The topological polar surface area (TPSA) is 8.17 Å². The summed E-state index contributed by atoms with van der Waals surface area (Å²) >= 11 is 0. The van der Waals surface area contributed by atoms with Crippen LogP contribution in [0.25, 0.3) is 66.4 Å². The number of rotatable bonds is 9. The second-order valence-corrected chi connectivity index (χ2v) is 16.3. The van der Waals surface area contributed by atoms with Crippen LogP contribution in [0.15, 0.2) is 212 Å². The number of aromatic nitrogens is 1. The number of benzene rings is 8. The van der Waals surface area contributed by atoms with E-state index in [1.54, 1.807) is 0 Å². The number of para-hydroxylation sites is 2. The highest BCUT2D eigenvalue weighted by atomic mass is 15.1. The second kappa shape index (κ2) is 15.9. The Morgan fingerprint density at radius 3 is 1.65 bits per heavy atom. The van der Waals surface area contributed by atoms with Gasteiger partial charge in [0.05, 0.1) is 11.0 Å². The van der Waals surface area contributed by atoms with Crippen LogP contribution in [-0.2, 0) is 0 Å². The summed E-state index contributed by atoms with van der Waals surface area (Å²) in [6.07, 6.45) is 7.09. The number of aryl methyl sites for hydroxylation is 1. The minimum Gasteiger partial charge on any atom is -0.310 e. The second-order valence-electron chi connectivity index (χ2n) is 16.3. The van der Waals surface area contributed by atoms with Gasteiger partial charge in [-0.25, -0.2) is 0 Å². The van der Waals surface area contributed by atoms with Crippen LogP contribution in [0.2, 0.25) is 0 Å². The summed E-state index contributed by atoms with van der Waals surface area (Å²) in [6, 6.07) is 70.9. The number of fused-ring (bicyclic) bond motifs is 3. The van der Waals surface area contributed by atoms with Crippen molar-refractivity contribution in [2.45, 2.75) is 33.6 Å². The van der Waals surface area contributed by atoms with Gasteiger partial charge in [0.1, 0.15) is 0 Å². The average Bonchev–Trinajstić information content (AvgIpc) is 3.64. The Hall–Kier alpha value is -7.16. The van der Waals surface area contributed by atoms with Crippen LogP contribution in [0.4, 0.5) is 17.1 Å². The first-order valence-electron chi connectivity index (χ1n) is 21.3. The summed E-state index contributed by atoms with van der Waals surface area (Å²) in [6.45, 7) is 6.88. The third-order valence-electron chi connectivity index (χ3n) is 12.1. The van der Waals surface area contributed by atoms with Crippen molar-refractivity contribution < 1.29 is 0 Å². The maximum Gasteiger partial charge on any atom is 0.0619 e. The summed E-state index contributed by atoms with van der Waals surface area (Å²) in [5.41, 5.74) is 19.6. The minimum atomic E-state index is 0.487. The molecule has 0 amide bonds. The number of hydrogen-bond acceptors (Lipinski definition) is 1. The average molecular weight is 773 g/mol. The lowest BCUT2D eigenvalue weighted by atomic mass is 9.84. The first-order valence-corrected chi connectivity index (χ1v) is 21.3. The van der Waals surface area contributed by atoms with Gasteiger partial charge in [-0.3, -0.25) is 0 Å². The number of hydrogen-bond donors (Lipinski definition) is 0. The van der Waals surface area contributed by atoms with E-state index in [0.29, 0.717) is 5.92 Å². The summed E-state index contributed by atoms with van der Waals surface area (Å²) in [5, 5.41) is 2.49. The molecule has 8 aromatic carbocycles. The molecular formula is C58H48N2. The fourth-order valence-electron chi connectivity index (χ4n) is 9.23.